The topological polar surface area (TPSA) is 456 Å². The lowest BCUT2D eigenvalue weighted by Crippen LogP contribution is -3.08. The van der Waals surface area contributed by atoms with E-state index >= 15 is 0 Å². The number of oxime groups is 2. The summed E-state index contributed by atoms with van der Waals surface area (Å²) >= 11 is 10.1. The highest BCUT2D eigenvalue weighted by Gasteiger charge is 2.56. The second kappa shape index (κ2) is 33.4. The highest BCUT2D eigenvalue weighted by atomic mass is 79.9. The predicted octanol–water partition coefficient (Wildman–Crippen LogP) is 3.02. The zero-order valence-corrected chi connectivity index (χ0v) is 63.4. The smallest absolute Gasteiger partial charge is 0.352 e. The lowest BCUT2D eigenvalue weighted by atomic mass is 9.89. The number of nitrogens with two attached hydrogens (primary N) is 2. The number of carboxylic acid groups (broad SMARTS) is 4. The molecule has 2 amide bonds. The Bertz CT molecular complexity index is 4660. The summed E-state index contributed by atoms with van der Waals surface area (Å²) in [7, 11) is 4.29. The van der Waals surface area contributed by atoms with E-state index in [9.17, 15) is 79.2 Å². The van der Waals surface area contributed by atoms with Crippen molar-refractivity contribution in [1.82, 2.24) is 28.5 Å². The number of quaternary nitrogens is 2. The SMILES string of the molecule is CC(C)(O/N=C(\C(=O)C[C@@H]1C(=O)N2C(C(=O)O)=C(/C=C/c3ccc(CCl)cc3)CS[C@H]12)c1nsc(N)n1)C(=O)O.CC(C)(O/N=C(\C(=O)C[C@@H]1C(=O)N2C(C(=O)O)=C(/C=C/c3ccc(C[N+]4(C)CCc5cc(O)c(O)cc5C4)cc3)CS[C@H]12)c1nsc(N)n1)C(=O)O.C[NH+]1CCc2cc(O)c(O)cc2C1.[Br-]. The van der Waals surface area contributed by atoms with E-state index in [0.29, 0.717) is 29.3 Å². The van der Waals surface area contributed by atoms with Crippen molar-refractivity contribution in [3.05, 3.63) is 164 Å². The summed E-state index contributed by atoms with van der Waals surface area (Å²) in [4.78, 5) is 123. The van der Waals surface area contributed by atoms with Crippen LogP contribution in [-0.4, -0.2) is 193 Å². The van der Waals surface area contributed by atoms with Gasteiger partial charge in [0.2, 0.25) is 34.7 Å². The lowest BCUT2D eigenvalue weighted by molar-refractivity contribution is -0.937. The molecule has 4 aromatic carbocycles. The van der Waals surface area contributed by atoms with Crippen LogP contribution in [0.3, 0.4) is 0 Å². The number of aliphatic carboxylic acids is 4. The number of aromatic hydroxyl groups is 4. The maximum atomic E-state index is 13.4. The molecule has 6 aromatic rings. The summed E-state index contributed by atoms with van der Waals surface area (Å²) in [6.07, 6.45) is 7.98. The molecular formula is C70H75BrClN12O18S4+. The first-order chi connectivity index (χ1) is 49.6. The van der Waals surface area contributed by atoms with E-state index in [1.54, 1.807) is 48.6 Å². The largest absolute Gasteiger partial charge is 1.00 e. The molecule has 0 aliphatic carbocycles. The summed E-state index contributed by atoms with van der Waals surface area (Å²) in [5.41, 5.74) is 15.7. The fraction of sp³-hybridized carbons (Fsp3) is 0.343. The number of halogens is 2. The molecule has 2 unspecified atom stereocenters. The van der Waals surface area contributed by atoms with E-state index in [1.807, 2.05) is 48.5 Å². The van der Waals surface area contributed by atoms with Crippen LogP contribution in [0.15, 0.2) is 118 Å². The van der Waals surface area contributed by atoms with Crippen LogP contribution in [0, 0.1) is 11.8 Å². The number of fused-ring (bicyclic) bond motifs is 4. The number of nitrogens with one attached hydrogen (secondary N) is 1. The number of carbonyl (C=O) groups excluding carboxylic acids is 4. The van der Waals surface area contributed by atoms with Crippen LogP contribution in [0.4, 0.5) is 10.3 Å². The third-order valence-corrected chi connectivity index (χ3v) is 22.2. The summed E-state index contributed by atoms with van der Waals surface area (Å²) in [5, 5.41) is 83.5. The molecule has 8 heterocycles. The number of anilines is 2. The Kier molecular flexibility index (Phi) is 25.3. The molecule has 2 fully saturated rings. The quantitative estimate of drug-likeness (QED) is 0.0110. The van der Waals surface area contributed by atoms with Crippen LogP contribution in [0.2, 0.25) is 0 Å². The van der Waals surface area contributed by atoms with E-state index < -0.39 is 86.8 Å². The van der Waals surface area contributed by atoms with Gasteiger partial charge in [-0.25, -0.2) is 19.2 Å². The van der Waals surface area contributed by atoms with Gasteiger partial charge >= 0.3 is 23.9 Å². The van der Waals surface area contributed by atoms with Crippen molar-refractivity contribution in [3.8, 4) is 23.0 Å². The molecule has 0 radical (unpaired) electrons. The number of carbonyl (C=O) groups is 8. The summed E-state index contributed by atoms with van der Waals surface area (Å²) < 4.78 is 8.68. The number of amides is 2. The van der Waals surface area contributed by atoms with Crippen LogP contribution in [0.25, 0.3) is 12.2 Å². The Balaban J connectivity index is 0.000000212. The molecule has 6 aliphatic rings. The minimum absolute atomic E-state index is 0. The number of likely N-dealkylation sites (N-methyl/N-ethyl adjacent to an activating group) is 2. The van der Waals surface area contributed by atoms with Crippen molar-refractivity contribution in [3.63, 3.8) is 0 Å². The van der Waals surface area contributed by atoms with Crippen molar-refractivity contribution in [2.24, 2.45) is 22.1 Å². The number of rotatable bonds is 23. The third kappa shape index (κ3) is 18.4. The van der Waals surface area contributed by atoms with E-state index in [2.05, 4.69) is 43.1 Å². The summed E-state index contributed by atoms with van der Waals surface area (Å²) in [5.74, 6) is -8.90. The maximum Gasteiger partial charge on any atom is 0.352 e. The fourth-order valence-corrected chi connectivity index (χ4v) is 15.9. The number of ketones is 2. The Morgan fingerprint density at radius 1 is 0.632 bits per heavy atom. The number of benzene rings is 4. The Morgan fingerprint density at radius 3 is 1.43 bits per heavy atom. The molecule has 2 saturated heterocycles. The van der Waals surface area contributed by atoms with Gasteiger partial charge in [0.15, 0.2) is 56.3 Å². The Morgan fingerprint density at radius 2 is 1.04 bits per heavy atom. The number of β-lactam (4-membered cyclic amide) rings is 2. The zero-order valence-electron chi connectivity index (χ0n) is 57.8. The van der Waals surface area contributed by atoms with Gasteiger partial charge in [-0.2, -0.15) is 18.7 Å². The molecule has 2 aromatic heterocycles. The summed E-state index contributed by atoms with van der Waals surface area (Å²) in [6.45, 7) is 9.36. The van der Waals surface area contributed by atoms with Crippen LogP contribution in [-0.2, 0) is 86.4 Å². The normalized spacial score (nSPS) is 20.6. The number of hydrogen-bond donors (Lipinski definition) is 11. The van der Waals surface area contributed by atoms with Gasteiger partial charge in [-0.05, 0) is 90.9 Å². The number of phenols is 4. The van der Waals surface area contributed by atoms with Gasteiger partial charge in [-0.3, -0.25) is 29.0 Å². The number of phenolic OH excluding ortho intramolecular Hbond substituents is 4. The molecule has 0 spiro atoms. The minimum atomic E-state index is -1.78. The van der Waals surface area contributed by atoms with Crippen molar-refractivity contribution >= 4 is 139 Å². The first-order valence-electron chi connectivity index (χ1n) is 32.5. The molecule has 6 atom stereocenters. The van der Waals surface area contributed by atoms with E-state index in [4.69, 9.17) is 32.7 Å². The molecule has 106 heavy (non-hydrogen) atoms. The highest BCUT2D eigenvalue weighted by Crippen LogP contribution is 2.48. The van der Waals surface area contributed by atoms with Gasteiger partial charge in [0.1, 0.15) is 31.0 Å². The fourth-order valence-electron chi connectivity index (χ4n) is 12.1. The second-order valence-electron chi connectivity index (χ2n) is 26.8. The summed E-state index contributed by atoms with van der Waals surface area (Å²) in [6, 6.07) is 22.0. The molecule has 6 aliphatic heterocycles. The minimum Gasteiger partial charge on any atom is -1.00 e. The first-order valence-corrected chi connectivity index (χ1v) is 36.7. The monoisotopic (exact) mass is 1610 g/mol. The average Bonchev–Trinajstić information content (AvgIpc) is 0.740. The molecule has 0 bridgehead atoms. The molecule has 36 heteroatoms. The highest BCUT2D eigenvalue weighted by molar-refractivity contribution is 8.00. The first kappa shape index (κ1) is 80.3. The van der Waals surface area contributed by atoms with Gasteiger partial charge in [0.05, 0.1) is 49.8 Å². The number of Topliss-reactive ketones (excluding diaryl/α,β-unsaturated/α-hetero) is 2. The van der Waals surface area contributed by atoms with Crippen molar-refractivity contribution in [1.29, 1.82) is 0 Å². The van der Waals surface area contributed by atoms with Crippen LogP contribution in [0.5, 0.6) is 23.0 Å². The van der Waals surface area contributed by atoms with Crippen molar-refractivity contribution in [2.45, 2.75) is 101 Å². The lowest BCUT2D eigenvalue weighted by Gasteiger charge is -2.49. The maximum absolute atomic E-state index is 13.4. The van der Waals surface area contributed by atoms with Crippen molar-refractivity contribution in [2.75, 3.05) is 50.2 Å². The average molecular weight is 1620 g/mol. The molecule has 30 nitrogen and oxygen atoms in total. The standard InChI is InChI=1S/C35H36N6O9S2.C25H24ClN5O7S2.C10H13NO2.BrH/c1-35(2,33(48)49)50-38-27(29-37-34(36)52-39-29)26(44)14-23-30(45)40-28(32(46)47)21(17-51-31(23)40)9-8-18-4-6-19(7-5-18)15-41(3)11-10-20-12-24(42)25(43)13-22(20)16-41;1-25(2,23(36)37)38-29-17(19-28-24(27)40-30-19)16(32)9-15-20(33)31-18(22(34)35)14(11-39-21(15)31)8-7-12-3-5-13(10-26)6-4-12;1-11-3-2-7-4-9(12)10(13)5-8(7)6-11;/h4-9,12-13,23,31H,10-11,14-17H2,1-3H3,(H5-,36,37,38,39,42,43,44,46,47,48,49);3-8,15,21H,9-11H2,1-2H3,(H,34,35)(H,36,37)(H2,27,28,30);4-5,12-13H,2-3,6H2,1H3;1H/p+1/b9-8+;8-7+,29-17+;;/t23-,31-,41?;15-,21-;;/m11../s1. The molecule has 13 N–H and O–H groups in total. The van der Waals surface area contributed by atoms with E-state index in [0.717, 1.165) is 106 Å². The van der Waals surface area contributed by atoms with Gasteiger partial charge in [0, 0.05) is 82.8 Å². The predicted molar refractivity (Wildman–Crippen MR) is 390 cm³/mol. The van der Waals surface area contributed by atoms with Gasteiger partial charge in [-0.15, -0.1) is 35.1 Å². The number of alkyl halides is 1. The molecule has 12 rings (SSSR count). The number of hydrogen-bond acceptors (Lipinski definition) is 26. The number of allylic oxidation sites excluding steroid dienone is 2. The van der Waals surface area contributed by atoms with E-state index in [1.165, 1.54) is 71.5 Å². The number of aromatic nitrogens is 4. The van der Waals surface area contributed by atoms with Crippen molar-refractivity contribution < 1.29 is 115 Å². The van der Waals surface area contributed by atoms with Gasteiger partial charge in [0.25, 0.3) is 0 Å². The molecule has 0 saturated carbocycles. The zero-order chi connectivity index (χ0) is 76.1. The second-order valence-corrected chi connectivity index (χ2v) is 30.8. The number of nitrogens with zero attached hydrogens (tertiary/aromatic N) is 9. The third-order valence-electron chi connectivity index (χ3n) is 18.0. The van der Waals surface area contributed by atoms with Crippen LogP contribution >= 0.6 is 58.2 Å². The Hall–Kier alpha value is -9.75. The number of nitrogen functional groups attached to an aromatic ring is 2. The molecule has 560 valence electrons. The van der Waals surface area contributed by atoms with Crippen LogP contribution < -0.4 is 33.3 Å². The van der Waals surface area contributed by atoms with Crippen LogP contribution in [0.1, 0.15) is 96.7 Å². The van der Waals surface area contributed by atoms with Gasteiger partial charge < -0.3 is 88.4 Å². The van der Waals surface area contributed by atoms with Gasteiger partial charge in [-0.1, -0.05) is 83.1 Å². The number of thioether (sulfide) groups is 2. The van der Waals surface area contributed by atoms with E-state index in [-0.39, 0.29) is 97.6 Å². The molecular weight excluding hydrogens is 1540 g/mol. The number of carboxylic acids is 4. The Labute approximate surface area is 638 Å².